The van der Waals surface area contributed by atoms with Crippen molar-refractivity contribution in [2.24, 2.45) is 0 Å². The molecular formula is C23H17F3N6O. The Hall–Kier alpha value is -4.21. The van der Waals surface area contributed by atoms with E-state index in [9.17, 15) is 18.0 Å². The van der Waals surface area contributed by atoms with Crippen LogP contribution in [0.25, 0.3) is 22.6 Å². The second kappa shape index (κ2) is 9.11. The van der Waals surface area contributed by atoms with Crippen LogP contribution in [0.4, 0.5) is 13.2 Å². The smallest absolute Gasteiger partial charge is 0.348 e. The van der Waals surface area contributed by atoms with Gasteiger partial charge in [-0.25, -0.2) is 0 Å². The van der Waals surface area contributed by atoms with Crippen molar-refractivity contribution in [2.45, 2.75) is 19.6 Å². The third-order valence-electron chi connectivity index (χ3n) is 4.77. The zero-order chi connectivity index (χ0) is 23.4. The van der Waals surface area contributed by atoms with Gasteiger partial charge in [-0.1, -0.05) is 6.07 Å². The second-order valence-electron chi connectivity index (χ2n) is 7.16. The maximum absolute atomic E-state index is 12.9. The van der Waals surface area contributed by atoms with E-state index in [0.717, 1.165) is 12.3 Å². The quantitative estimate of drug-likeness (QED) is 0.489. The number of nitrogens with one attached hydrogen (secondary N) is 1. The first-order chi connectivity index (χ1) is 15.8. The van der Waals surface area contributed by atoms with Gasteiger partial charge < -0.3 is 5.32 Å². The molecule has 1 N–H and O–H groups in total. The first kappa shape index (κ1) is 22.0. The number of halogens is 3. The maximum atomic E-state index is 12.9. The lowest BCUT2D eigenvalue weighted by Crippen LogP contribution is -2.23. The van der Waals surface area contributed by atoms with Crippen molar-refractivity contribution < 1.29 is 18.0 Å². The molecule has 0 atom stereocenters. The second-order valence-corrected chi connectivity index (χ2v) is 7.16. The van der Waals surface area contributed by atoms with Crippen LogP contribution in [0.1, 0.15) is 27.2 Å². The van der Waals surface area contributed by atoms with Gasteiger partial charge in [-0.05, 0) is 54.4 Å². The molecule has 0 aliphatic heterocycles. The molecule has 0 saturated heterocycles. The van der Waals surface area contributed by atoms with Crippen molar-refractivity contribution in [3.05, 3.63) is 89.6 Å². The molecule has 4 aromatic heterocycles. The number of nitrogens with zero attached hydrogens (tertiary/aromatic N) is 5. The number of carbonyl (C=O) groups is 1. The van der Waals surface area contributed by atoms with Gasteiger partial charge >= 0.3 is 6.18 Å². The number of hydrogen-bond donors (Lipinski definition) is 1. The van der Waals surface area contributed by atoms with E-state index in [0.29, 0.717) is 39.3 Å². The fraction of sp³-hybridized carbons (Fsp3) is 0.130. The molecule has 0 aromatic carbocycles. The standard InChI is InChI=1S/C23H17F3N6O/c1-14-9-15(11-29-21(14)16-6-8-27-20(10-16)23(24,25)26)12-30-22(33)17-4-5-18(28-13-17)19-3-2-7-31-32-19/h2-11,13H,12H2,1H3,(H,30,33). The number of carbonyl (C=O) groups excluding carboxylic acids is 1. The third-order valence-corrected chi connectivity index (χ3v) is 4.77. The molecule has 0 radical (unpaired) electrons. The molecule has 10 heteroatoms. The largest absolute Gasteiger partial charge is 0.433 e. The Bertz CT molecular complexity index is 1280. The van der Waals surface area contributed by atoms with Gasteiger partial charge in [-0.2, -0.15) is 18.3 Å². The molecule has 166 valence electrons. The molecular weight excluding hydrogens is 433 g/mol. The van der Waals surface area contributed by atoms with Crippen molar-refractivity contribution >= 4 is 5.91 Å². The van der Waals surface area contributed by atoms with Crippen LogP contribution in [-0.4, -0.2) is 31.1 Å². The highest BCUT2D eigenvalue weighted by molar-refractivity contribution is 5.94. The molecule has 33 heavy (non-hydrogen) atoms. The van der Waals surface area contributed by atoms with Crippen LogP contribution >= 0.6 is 0 Å². The fourth-order valence-corrected chi connectivity index (χ4v) is 3.17. The van der Waals surface area contributed by atoms with Crippen LogP contribution < -0.4 is 5.32 Å². The van der Waals surface area contributed by atoms with E-state index >= 15 is 0 Å². The van der Waals surface area contributed by atoms with Gasteiger partial charge in [0.15, 0.2) is 0 Å². The maximum Gasteiger partial charge on any atom is 0.433 e. The van der Waals surface area contributed by atoms with Crippen molar-refractivity contribution in [2.75, 3.05) is 0 Å². The van der Waals surface area contributed by atoms with Crippen molar-refractivity contribution in [3.63, 3.8) is 0 Å². The van der Waals surface area contributed by atoms with E-state index in [1.54, 1.807) is 43.5 Å². The highest BCUT2D eigenvalue weighted by Crippen LogP contribution is 2.30. The van der Waals surface area contributed by atoms with E-state index in [1.165, 1.54) is 18.5 Å². The molecule has 0 bridgehead atoms. The highest BCUT2D eigenvalue weighted by atomic mass is 19.4. The molecule has 4 heterocycles. The minimum atomic E-state index is -4.53. The topological polar surface area (TPSA) is 93.6 Å². The zero-order valence-electron chi connectivity index (χ0n) is 17.3. The number of alkyl halides is 3. The minimum absolute atomic E-state index is 0.197. The summed E-state index contributed by atoms with van der Waals surface area (Å²) in [7, 11) is 0. The van der Waals surface area contributed by atoms with Gasteiger partial charge in [0.05, 0.1) is 17.0 Å². The van der Waals surface area contributed by atoms with Crippen LogP contribution in [0.15, 0.2) is 67.3 Å². The van der Waals surface area contributed by atoms with Gasteiger partial charge in [-0.15, -0.1) is 5.10 Å². The minimum Gasteiger partial charge on any atom is -0.348 e. The average Bonchev–Trinajstić information content (AvgIpc) is 2.83. The van der Waals surface area contributed by atoms with Crippen LogP contribution in [0, 0.1) is 6.92 Å². The van der Waals surface area contributed by atoms with E-state index < -0.39 is 11.9 Å². The van der Waals surface area contributed by atoms with Crippen molar-refractivity contribution in [1.82, 2.24) is 30.5 Å². The Balaban J connectivity index is 1.43. The first-order valence-electron chi connectivity index (χ1n) is 9.83. The molecule has 0 aliphatic rings. The van der Waals surface area contributed by atoms with Crippen LogP contribution in [-0.2, 0) is 12.7 Å². The molecule has 7 nitrogen and oxygen atoms in total. The Morgan fingerprint density at radius 2 is 1.82 bits per heavy atom. The Morgan fingerprint density at radius 3 is 2.48 bits per heavy atom. The molecule has 1 amide bonds. The number of pyridine rings is 3. The molecule has 0 spiro atoms. The molecule has 0 fully saturated rings. The van der Waals surface area contributed by atoms with Gasteiger partial charge in [0.1, 0.15) is 11.4 Å². The predicted molar refractivity (Wildman–Crippen MR) is 114 cm³/mol. The summed E-state index contributed by atoms with van der Waals surface area (Å²) in [5.41, 5.74) is 2.72. The van der Waals surface area contributed by atoms with Gasteiger partial charge in [-0.3, -0.25) is 19.7 Å². The predicted octanol–water partition coefficient (Wildman–Crippen LogP) is 4.25. The summed E-state index contributed by atoms with van der Waals surface area (Å²) in [6.07, 6.45) is 1.11. The Labute approximate surface area is 186 Å². The lowest BCUT2D eigenvalue weighted by atomic mass is 10.1. The third kappa shape index (κ3) is 5.17. The summed E-state index contributed by atoms with van der Waals surface area (Å²) in [5.74, 6) is -0.320. The average molecular weight is 450 g/mol. The summed E-state index contributed by atoms with van der Waals surface area (Å²) in [5, 5.41) is 10.6. The molecule has 0 unspecified atom stereocenters. The lowest BCUT2D eigenvalue weighted by molar-refractivity contribution is -0.141. The number of hydrogen-bond acceptors (Lipinski definition) is 6. The summed E-state index contributed by atoms with van der Waals surface area (Å²) < 4.78 is 38.8. The number of amides is 1. The number of rotatable bonds is 5. The van der Waals surface area contributed by atoms with E-state index in [-0.39, 0.29) is 12.5 Å². The Morgan fingerprint density at radius 1 is 0.970 bits per heavy atom. The monoisotopic (exact) mass is 450 g/mol. The fourth-order valence-electron chi connectivity index (χ4n) is 3.17. The van der Waals surface area contributed by atoms with E-state index in [1.807, 2.05) is 0 Å². The Kier molecular flexibility index (Phi) is 6.07. The van der Waals surface area contributed by atoms with Crippen molar-refractivity contribution in [3.8, 4) is 22.6 Å². The molecule has 4 rings (SSSR count). The van der Waals surface area contributed by atoms with E-state index in [2.05, 4.69) is 30.5 Å². The molecule has 0 aliphatic carbocycles. The van der Waals surface area contributed by atoms with Crippen LogP contribution in [0.3, 0.4) is 0 Å². The molecule has 4 aromatic rings. The van der Waals surface area contributed by atoms with E-state index in [4.69, 9.17) is 0 Å². The number of aryl methyl sites for hydroxylation is 1. The van der Waals surface area contributed by atoms with Gasteiger partial charge in [0, 0.05) is 36.9 Å². The number of aromatic nitrogens is 5. The summed E-state index contributed by atoms with van der Waals surface area (Å²) in [6, 6.07) is 11.0. The normalized spacial score (nSPS) is 11.3. The summed E-state index contributed by atoms with van der Waals surface area (Å²) >= 11 is 0. The highest BCUT2D eigenvalue weighted by Gasteiger charge is 2.32. The first-order valence-corrected chi connectivity index (χ1v) is 9.83. The zero-order valence-corrected chi connectivity index (χ0v) is 17.3. The van der Waals surface area contributed by atoms with Crippen molar-refractivity contribution in [1.29, 1.82) is 0 Å². The van der Waals surface area contributed by atoms with Crippen LogP contribution in [0.2, 0.25) is 0 Å². The SMILES string of the molecule is Cc1cc(CNC(=O)c2ccc(-c3cccnn3)nc2)cnc1-c1ccnc(C(F)(F)F)c1. The summed E-state index contributed by atoms with van der Waals surface area (Å²) in [6.45, 7) is 1.94. The van der Waals surface area contributed by atoms with Gasteiger partial charge in [0.25, 0.3) is 5.91 Å². The van der Waals surface area contributed by atoms with Crippen LogP contribution in [0.5, 0.6) is 0 Å². The lowest BCUT2D eigenvalue weighted by Gasteiger charge is -2.11. The summed E-state index contributed by atoms with van der Waals surface area (Å²) in [4.78, 5) is 24.4. The molecule has 0 saturated carbocycles. The van der Waals surface area contributed by atoms with Gasteiger partial charge in [0.2, 0.25) is 0 Å².